The van der Waals surface area contributed by atoms with Crippen molar-refractivity contribution in [2.75, 3.05) is 7.11 Å². The molecule has 1 N–H and O–H groups in total. The molecule has 6 nitrogen and oxygen atoms in total. The van der Waals surface area contributed by atoms with Gasteiger partial charge in [0.05, 0.1) is 12.7 Å². The number of hydrogen-bond acceptors (Lipinski definition) is 4. The minimum atomic E-state index is -0.158. The van der Waals surface area contributed by atoms with E-state index in [2.05, 4.69) is 21.4 Å². The lowest BCUT2D eigenvalue weighted by Crippen LogP contribution is -2.23. The standard InChI is InChI=1S/C21H18N4O2/c1-27-19-6-4-16-10-15(2-3-17(16)11-19)12-24-21(26)18-5-7-20(23-13-18)25-9-8-22-14-25/h2-11,13-14H,12H2,1H3,(H,24,26). The lowest BCUT2D eigenvalue weighted by Gasteiger charge is -2.08. The van der Waals surface area contributed by atoms with E-state index >= 15 is 0 Å². The summed E-state index contributed by atoms with van der Waals surface area (Å²) in [6.45, 7) is 0.448. The van der Waals surface area contributed by atoms with E-state index in [9.17, 15) is 4.79 Å². The second-order valence-electron chi connectivity index (χ2n) is 6.11. The Balaban J connectivity index is 1.43. The van der Waals surface area contributed by atoms with Gasteiger partial charge in [0.15, 0.2) is 0 Å². The third-order valence-electron chi connectivity index (χ3n) is 4.34. The summed E-state index contributed by atoms with van der Waals surface area (Å²) in [6.07, 6.45) is 6.72. The van der Waals surface area contributed by atoms with Crippen LogP contribution < -0.4 is 10.1 Å². The number of carbonyl (C=O) groups is 1. The van der Waals surface area contributed by atoms with Crippen molar-refractivity contribution in [2.45, 2.75) is 6.54 Å². The van der Waals surface area contributed by atoms with Crippen molar-refractivity contribution in [3.63, 3.8) is 0 Å². The van der Waals surface area contributed by atoms with Gasteiger partial charge in [-0.3, -0.25) is 9.36 Å². The van der Waals surface area contributed by atoms with Gasteiger partial charge in [-0.1, -0.05) is 18.2 Å². The predicted molar refractivity (Wildman–Crippen MR) is 103 cm³/mol. The molecule has 2 aromatic carbocycles. The fourth-order valence-electron chi connectivity index (χ4n) is 2.86. The van der Waals surface area contributed by atoms with Crippen LogP contribution in [0.4, 0.5) is 0 Å². The summed E-state index contributed by atoms with van der Waals surface area (Å²) >= 11 is 0. The largest absolute Gasteiger partial charge is 0.497 e. The Bertz CT molecular complexity index is 1070. The zero-order valence-electron chi connectivity index (χ0n) is 14.8. The predicted octanol–water partition coefficient (Wildman–Crippen LogP) is 3.36. The number of nitrogens with one attached hydrogen (secondary N) is 1. The van der Waals surface area contributed by atoms with Gasteiger partial charge < -0.3 is 10.1 Å². The highest BCUT2D eigenvalue weighted by Crippen LogP contribution is 2.21. The van der Waals surface area contributed by atoms with Crippen LogP contribution in [0, 0.1) is 0 Å². The van der Waals surface area contributed by atoms with Crippen LogP contribution >= 0.6 is 0 Å². The van der Waals surface area contributed by atoms with Gasteiger partial charge in [-0.15, -0.1) is 0 Å². The minimum absolute atomic E-state index is 0.158. The molecule has 6 heteroatoms. The van der Waals surface area contributed by atoms with Crippen LogP contribution in [0.5, 0.6) is 5.75 Å². The first-order valence-electron chi connectivity index (χ1n) is 8.52. The lowest BCUT2D eigenvalue weighted by atomic mass is 10.1. The summed E-state index contributed by atoms with van der Waals surface area (Å²) in [7, 11) is 1.65. The van der Waals surface area contributed by atoms with E-state index in [1.807, 2.05) is 30.3 Å². The van der Waals surface area contributed by atoms with Crippen molar-refractivity contribution >= 4 is 16.7 Å². The number of ether oxygens (including phenoxy) is 1. The van der Waals surface area contributed by atoms with Crippen LogP contribution in [0.2, 0.25) is 0 Å². The summed E-state index contributed by atoms with van der Waals surface area (Å²) in [4.78, 5) is 20.7. The molecule has 0 saturated carbocycles. The number of imidazole rings is 1. The maximum atomic E-state index is 12.4. The Morgan fingerprint density at radius 3 is 2.70 bits per heavy atom. The van der Waals surface area contributed by atoms with Crippen LogP contribution in [0.15, 0.2) is 73.4 Å². The smallest absolute Gasteiger partial charge is 0.253 e. The monoisotopic (exact) mass is 358 g/mol. The van der Waals surface area contributed by atoms with Crippen LogP contribution in [0.3, 0.4) is 0 Å². The van der Waals surface area contributed by atoms with E-state index in [4.69, 9.17) is 4.74 Å². The molecule has 0 spiro atoms. The molecule has 0 saturated heterocycles. The molecular weight excluding hydrogens is 340 g/mol. The van der Waals surface area contributed by atoms with E-state index in [-0.39, 0.29) is 5.91 Å². The molecule has 0 bridgehead atoms. The van der Waals surface area contributed by atoms with Crippen molar-refractivity contribution in [3.05, 3.63) is 84.6 Å². The molecule has 27 heavy (non-hydrogen) atoms. The van der Waals surface area contributed by atoms with Gasteiger partial charge in [0.1, 0.15) is 17.9 Å². The summed E-state index contributed by atoms with van der Waals surface area (Å²) in [6, 6.07) is 15.6. The molecule has 0 aliphatic rings. The van der Waals surface area contributed by atoms with E-state index in [1.54, 1.807) is 48.7 Å². The summed E-state index contributed by atoms with van der Waals surface area (Å²) in [5, 5.41) is 5.14. The first-order chi connectivity index (χ1) is 13.2. The second kappa shape index (κ2) is 7.29. The highest BCUT2D eigenvalue weighted by atomic mass is 16.5. The SMILES string of the molecule is COc1ccc2cc(CNC(=O)c3ccc(-n4ccnc4)nc3)ccc2c1. The molecule has 0 fully saturated rings. The molecule has 4 rings (SSSR count). The normalized spacial score (nSPS) is 10.7. The maximum Gasteiger partial charge on any atom is 0.253 e. The van der Waals surface area contributed by atoms with E-state index in [0.29, 0.717) is 17.9 Å². The number of fused-ring (bicyclic) bond motifs is 1. The Morgan fingerprint density at radius 2 is 1.96 bits per heavy atom. The molecule has 1 amide bonds. The number of hydrogen-bond donors (Lipinski definition) is 1. The molecule has 2 aromatic heterocycles. The number of rotatable bonds is 5. The van der Waals surface area contributed by atoms with Gasteiger partial charge in [0, 0.05) is 25.1 Å². The topological polar surface area (TPSA) is 69.0 Å². The number of carbonyl (C=O) groups excluding carboxylic acids is 1. The van der Waals surface area contributed by atoms with Crippen molar-refractivity contribution in [2.24, 2.45) is 0 Å². The van der Waals surface area contributed by atoms with E-state index < -0.39 is 0 Å². The summed E-state index contributed by atoms with van der Waals surface area (Å²) < 4.78 is 7.03. The number of aromatic nitrogens is 3. The fraction of sp³-hybridized carbons (Fsp3) is 0.0952. The lowest BCUT2D eigenvalue weighted by molar-refractivity contribution is 0.0950. The third kappa shape index (κ3) is 3.64. The van der Waals surface area contributed by atoms with Gasteiger partial charge in [0.2, 0.25) is 0 Å². The Kier molecular flexibility index (Phi) is 4.53. The highest BCUT2D eigenvalue weighted by molar-refractivity contribution is 5.94. The number of methoxy groups -OCH3 is 1. The first-order valence-corrected chi connectivity index (χ1v) is 8.52. The van der Waals surface area contributed by atoms with Crippen molar-refractivity contribution in [1.82, 2.24) is 19.9 Å². The van der Waals surface area contributed by atoms with Crippen LogP contribution in [0.25, 0.3) is 16.6 Å². The molecule has 0 aliphatic heterocycles. The number of benzene rings is 2. The highest BCUT2D eigenvalue weighted by Gasteiger charge is 2.07. The Hall–Kier alpha value is -3.67. The van der Waals surface area contributed by atoms with Crippen molar-refractivity contribution < 1.29 is 9.53 Å². The van der Waals surface area contributed by atoms with Crippen LogP contribution in [-0.4, -0.2) is 27.6 Å². The zero-order chi connectivity index (χ0) is 18.6. The molecule has 0 radical (unpaired) electrons. The quantitative estimate of drug-likeness (QED) is 0.594. The van der Waals surface area contributed by atoms with Gasteiger partial charge in [-0.05, 0) is 46.7 Å². The van der Waals surface area contributed by atoms with Gasteiger partial charge in [-0.2, -0.15) is 0 Å². The van der Waals surface area contributed by atoms with Crippen molar-refractivity contribution in [3.8, 4) is 11.6 Å². The number of amides is 1. The number of pyridine rings is 1. The van der Waals surface area contributed by atoms with E-state index in [1.165, 1.54) is 0 Å². The van der Waals surface area contributed by atoms with Crippen LogP contribution in [-0.2, 0) is 6.54 Å². The third-order valence-corrected chi connectivity index (χ3v) is 4.34. The summed E-state index contributed by atoms with van der Waals surface area (Å²) in [5.74, 6) is 1.39. The average Bonchev–Trinajstić information content (AvgIpc) is 3.26. The maximum absolute atomic E-state index is 12.4. The van der Waals surface area contributed by atoms with Crippen molar-refractivity contribution in [1.29, 1.82) is 0 Å². The molecular formula is C21H18N4O2. The fourth-order valence-corrected chi connectivity index (χ4v) is 2.86. The number of nitrogens with zero attached hydrogens (tertiary/aromatic N) is 3. The molecule has 2 heterocycles. The van der Waals surface area contributed by atoms with E-state index in [0.717, 1.165) is 22.1 Å². The Labute approximate surface area is 156 Å². The zero-order valence-corrected chi connectivity index (χ0v) is 14.8. The molecule has 134 valence electrons. The molecule has 4 aromatic rings. The van der Waals surface area contributed by atoms with Gasteiger partial charge in [-0.25, -0.2) is 9.97 Å². The molecule has 0 atom stereocenters. The molecule has 0 unspecified atom stereocenters. The van der Waals surface area contributed by atoms with Crippen LogP contribution in [0.1, 0.15) is 15.9 Å². The Morgan fingerprint density at radius 1 is 1.11 bits per heavy atom. The second-order valence-corrected chi connectivity index (χ2v) is 6.11. The average molecular weight is 358 g/mol. The van der Waals surface area contributed by atoms with Gasteiger partial charge in [0.25, 0.3) is 5.91 Å². The van der Waals surface area contributed by atoms with Gasteiger partial charge >= 0.3 is 0 Å². The molecule has 0 aliphatic carbocycles. The minimum Gasteiger partial charge on any atom is -0.497 e. The summed E-state index contributed by atoms with van der Waals surface area (Å²) in [5.41, 5.74) is 1.55. The first kappa shape index (κ1) is 16.8.